The summed E-state index contributed by atoms with van der Waals surface area (Å²) in [5, 5.41) is 23.7. The van der Waals surface area contributed by atoms with Crippen molar-refractivity contribution in [1.82, 2.24) is 5.43 Å². The zero-order valence-corrected chi connectivity index (χ0v) is 13.6. The summed E-state index contributed by atoms with van der Waals surface area (Å²) in [7, 11) is 0. The van der Waals surface area contributed by atoms with Gasteiger partial charge in [-0.3, -0.25) is 14.9 Å². The molecule has 124 valence electrons. The molecule has 0 radical (unpaired) electrons. The second kappa shape index (κ2) is 8.11. The van der Waals surface area contributed by atoms with Crippen molar-refractivity contribution in [3.8, 4) is 5.75 Å². The van der Waals surface area contributed by atoms with E-state index in [2.05, 4.69) is 10.5 Å². The maximum Gasteiger partial charge on any atom is 0.270 e. The van der Waals surface area contributed by atoms with Gasteiger partial charge in [-0.2, -0.15) is 5.10 Å². The first-order chi connectivity index (χ1) is 11.5. The van der Waals surface area contributed by atoms with E-state index < -0.39 is 4.92 Å². The van der Waals surface area contributed by atoms with Gasteiger partial charge in [0.1, 0.15) is 5.75 Å². The number of phenols is 1. The second-order valence-electron chi connectivity index (χ2n) is 4.81. The van der Waals surface area contributed by atoms with Crippen LogP contribution in [-0.4, -0.2) is 27.4 Å². The van der Waals surface area contributed by atoms with E-state index in [1.54, 1.807) is 6.92 Å². The standard InChI is InChI=1S/C16H15N3O4S/c1-11(24-14-5-3-2-4-6-14)16(21)18-17-10-12-9-13(19(22)23)7-8-15(12)20/h2-11,20H,1H3,(H,18,21)/b17-10+/t11-/m1/s1. The number of carbonyl (C=O) groups is 1. The van der Waals surface area contributed by atoms with Gasteiger partial charge in [0, 0.05) is 22.6 Å². The second-order valence-corrected chi connectivity index (χ2v) is 6.22. The SMILES string of the molecule is C[C@@H](Sc1ccccc1)C(=O)N/N=C/c1cc([N+](=O)[O-])ccc1O. The number of amides is 1. The summed E-state index contributed by atoms with van der Waals surface area (Å²) in [6.07, 6.45) is 1.17. The van der Waals surface area contributed by atoms with Crippen LogP contribution in [-0.2, 0) is 4.79 Å². The van der Waals surface area contributed by atoms with E-state index in [9.17, 15) is 20.0 Å². The maximum absolute atomic E-state index is 12.0. The molecule has 0 unspecified atom stereocenters. The third-order valence-electron chi connectivity index (χ3n) is 3.03. The van der Waals surface area contributed by atoms with E-state index in [0.29, 0.717) is 0 Å². The zero-order chi connectivity index (χ0) is 17.5. The van der Waals surface area contributed by atoms with Crippen LogP contribution in [0.1, 0.15) is 12.5 Å². The van der Waals surface area contributed by atoms with E-state index in [-0.39, 0.29) is 28.2 Å². The molecule has 2 N–H and O–H groups in total. The molecule has 8 heteroatoms. The van der Waals surface area contributed by atoms with Gasteiger partial charge in [0.05, 0.1) is 16.4 Å². The fourth-order valence-electron chi connectivity index (χ4n) is 1.77. The van der Waals surface area contributed by atoms with Crippen molar-refractivity contribution in [2.75, 3.05) is 0 Å². The molecular weight excluding hydrogens is 330 g/mol. The fraction of sp³-hybridized carbons (Fsp3) is 0.125. The predicted octanol–water partition coefficient (Wildman–Crippen LogP) is 2.93. The molecule has 2 aromatic carbocycles. The quantitative estimate of drug-likeness (QED) is 0.362. The number of carbonyl (C=O) groups excluding carboxylic acids is 1. The lowest BCUT2D eigenvalue weighted by atomic mass is 10.2. The summed E-state index contributed by atoms with van der Waals surface area (Å²) in [6.45, 7) is 1.74. The number of nitro groups is 1. The summed E-state index contributed by atoms with van der Waals surface area (Å²) in [4.78, 5) is 23.1. The lowest BCUT2D eigenvalue weighted by molar-refractivity contribution is -0.384. The van der Waals surface area contributed by atoms with Crippen molar-refractivity contribution in [3.63, 3.8) is 0 Å². The predicted molar refractivity (Wildman–Crippen MR) is 92.3 cm³/mol. The number of nitrogens with one attached hydrogen (secondary N) is 1. The number of hydrazone groups is 1. The van der Waals surface area contributed by atoms with Gasteiger partial charge < -0.3 is 5.11 Å². The van der Waals surface area contributed by atoms with Crippen molar-refractivity contribution in [2.45, 2.75) is 17.1 Å². The highest BCUT2D eigenvalue weighted by Crippen LogP contribution is 2.23. The molecule has 0 aliphatic rings. The minimum absolute atomic E-state index is 0.146. The van der Waals surface area contributed by atoms with Gasteiger partial charge in [0.25, 0.3) is 11.6 Å². The van der Waals surface area contributed by atoms with Crippen LogP contribution >= 0.6 is 11.8 Å². The first-order valence-electron chi connectivity index (χ1n) is 6.99. The first kappa shape index (κ1) is 17.5. The largest absolute Gasteiger partial charge is 0.507 e. The molecule has 7 nitrogen and oxygen atoms in total. The number of non-ortho nitro benzene ring substituents is 1. The number of nitro benzene ring substituents is 1. The highest BCUT2D eigenvalue weighted by atomic mass is 32.2. The van der Waals surface area contributed by atoms with Gasteiger partial charge in [0.2, 0.25) is 0 Å². The lowest BCUT2D eigenvalue weighted by Gasteiger charge is -2.09. The Morgan fingerprint density at radius 3 is 2.71 bits per heavy atom. The lowest BCUT2D eigenvalue weighted by Crippen LogP contribution is -2.26. The summed E-state index contributed by atoms with van der Waals surface area (Å²) in [5.74, 6) is -0.477. The molecule has 0 aliphatic heterocycles. The number of rotatable bonds is 6. The van der Waals surface area contributed by atoms with Crippen LogP contribution in [0.4, 0.5) is 5.69 Å². The van der Waals surface area contributed by atoms with Gasteiger partial charge in [-0.15, -0.1) is 11.8 Å². The van der Waals surface area contributed by atoms with Crippen molar-refractivity contribution in [2.24, 2.45) is 5.10 Å². The van der Waals surface area contributed by atoms with Crippen LogP contribution in [0.5, 0.6) is 5.75 Å². The van der Waals surface area contributed by atoms with Crippen LogP contribution < -0.4 is 5.43 Å². The Morgan fingerprint density at radius 2 is 2.04 bits per heavy atom. The Balaban J connectivity index is 1.97. The molecule has 0 saturated carbocycles. The van der Waals surface area contributed by atoms with Gasteiger partial charge in [-0.1, -0.05) is 18.2 Å². The Bertz CT molecular complexity index is 765. The molecule has 0 saturated heterocycles. The van der Waals surface area contributed by atoms with Crippen LogP contribution in [0.25, 0.3) is 0 Å². The Kier molecular flexibility index (Phi) is 5.91. The smallest absolute Gasteiger partial charge is 0.270 e. The monoisotopic (exact) mass is 345 g/mol. The molecule has 0 heterocycles. The minimum Gasteiger partial charge on any atom is -0.507 e. The van der Waals surface area contributed by atoms with Crippen LogP contribution in [0, 0.1) is 10.1 Å². The van der Waals surface area contributed by atoms with Crippen LogP contribution in [0.3, 0.4) is 0 Å². The third-order valence-corrected chi connectivity index (χ3v) is 4.14. The molecule has 0 aromatic heterocycles. The van der Waals surface area contributed by atoms with Gasteiger partial charge in [0.15, 0.2) is 0 Å². The topological polar surface area (TPSA) is 105 Å². The summed E-state index contributed by atoms with van der Waals surface area (Å²) < 4.78 is 0. The van der Waals surface area contributed by atoms with E-state index in [4.69, 9.17) is 0 Å². The van der Waals surface area contributed by atoms with Gasteiger partial charge >= 0.3 is 0 Å². The fourth-order valence-corrected chi connectivity index (χ4v) is 2.65. The summed E-state index contributed by atoms with van der Waals surface area (Å²) in [5.41, 5.74) is 2.33. The van der Waals surface area contributed by atoms with Gasteiger partial charge in [-0.25, -0.2) is 5.43 Å². The van der Waals surface area contributed by atoms with E-state index in [1.165, 1.54) is 36.2 Å². The van der Waals surface area contributed by atoms with Crippen LogP contribution in [0.15, 0.2) is 58.5 Å². The third kappa shape index (κ3) is 4.82. The molecule has 24 heavy (non-hydrogen) atoms. The minimum atomic E-state index is -0.575. The molecule has 1 amide bonds. The van der Waals surface area contributed by atoms with Crippen LogP contribution in [0.2, 0.25) is 0 Å². The maximum atomic E-state index is 12.0. The molecule has 0 bridgehead atoms. The molecule has 2 rings (SSSR count). The van der Waals surface area contributed by atoms with Crippen molar-refractivity contribution in [3.05, 3.63) is 64.2 Å². The number of thioether (sulfide) groups is 1. The Labute approximate surface area is 142 Å². The first-order valence-corrected chi connectivity index (χ1v) is 7.87. The van der Waals surface area contributed by atoms with Gasteiger partial charge in [-0.05, 0) is 25.1 Å². The Morgan fingerprint density at radius 1 is 1.33 bits per heavy atom. The summed E-state index contributed by atoms with van der Waals surface area (Å²) >= 11 is 1.38. The number of nitrogens with zero attached hydrogens (tertiary/aromatic N) is 2. The van der Waals surface area contributed by atoms with Crippen molar-refractivity contribution < 1.29 is 14.8 Å². The zero-order valence-electron chi connectivity index (χ0n) is 12.7. The average molecular weight is 345 g/mol. The number of benzene rings is 2. The Hall–Kier alpha value is -2.87. The highest BCUT2D eigenvalue weighted by Gasteiger charge is 2.13. The molecule has 1 atom stereocenters. The number of aromatic hydroxyl groups is 1. The van der Waals surface area contributed by atoms with Crippen molar-refractivity contribution in [1.29, 1.82) is 0 Å². The normalized spacial score (nSPS) is 12.0. The van der Waals surface area contributed by atoms with E-state index in [1.807, 2.05) is 30.3 Å². The number of hydrogen-bond acceptors (Lipinski definition) is 6. The number of phenolic OH excluding ortho intramolecular Hbond substituents is 1. The van der Waals surface area contributed by atoms with E-state index >= 15 is 0 Å². The molecule has 0 spiro atoms. The number of hydrogen-bond donors (Lipinski definition) is 2. The molecule has 0 fully saturated rings. The summed E-state index contributed by atoms with van der Waals surface area (Å²) in [6, 6.07) is 13.0. The molecule has 0 aliphatic carbocycles. The van der Waals surface area contributed by atoms with Crippen molar-refractivity contribution >= 4 is 29.6 Å². The molecular formula is C16H15N3O4S. The average Bonchev–Trinajstić information content (AvgIpc) is 2.57. The molecule has 2 aromatic rings. The van der Waals surface area contributed by atoms with E-state index in [0.717, 1.165) is 4.90 Å². The highest BCUT2D eigenvalue weighted by molar-refractivity contribution is 8.00.